The van der Waals surface area contributed by atoms with Crippen molar-refractivity contribution in [1.29, 1.82) is 0 Å². The van der Waals surface area contributed by atoms with Crippen LogP contribution in [0, 0.1) is 5.92 Å². The molecule has 0 aliphatic carbocycles. The fraction of sp³-hybridized carbons (Fsp3) is 0.400. The fourth-order valence-electron chi connectivity index (χ4n) is 5.43. The van der Waals surface area contributed by atoms with E-state index in [1.54, 1.807) is 29.1 Å². The van der Waals surface area contributed by atoms with Gasteiger partial charge in [0, 0.05) is 19.4 Å². The lowest BCUT2D eigenvalue weighted by molar-refractivity contribution is -0.139. The van der Waals surface area contributed by atoms with Crippen molar-refractivity contribution >= 4 is 46.8 Å². The van der Waals surface area contributed by atoms with Crippen LogP contribution < -0.4 is 16.0 Å². The monoisotopic (exact) mass is 625 g/mol. The van der Waals surface area contributed by atoms with Crippen molar-refractivity contribution in [3.8, 4) is 0 Å². The topological polar surface area (TPSA) is 138 Å². The highest BCUT2D eigenvalue weighted by Gasteiger charge is 2.42. The van der Waals surface area contributed by atoms with E-state index in [0.29, 0.717) is 21.3 Å². The number of hydrogen-bond acceptors (Lipinski definition) is 6. The molecule has 4 amide bonds. The molecule has 226 valence electrons. The number of nitrogens with one attached hydrogen (secondary N) is 3. The van der Waals surface area contributed by atoms with Crippen LogP contribution in [0.1, 0.15) is 43.1 Å². The Morgan fingerprint density at radius 1 is 0.977 bits per heavy atom. The maximum absolute atomic E-state index is 13.8. The Kier molecular flexibility index (Phi) is 9.31. The Morgan fingerprint density at radius 2 is 1.74 bits per heavy atom. The summed E-state index contributed by atoms with van der Waals surface area (Å²) in [5.74, 6) is -1.89. The van der Waals surface area contributed by atoms with Gasteiger partial charge in [0.15, 0.2) is 0 Å². The molecule has 2 aliphatic rings. The van der Waals surface area contributed by atoms with Crippen LogP contribution in [0.4, 0.5) is 0 Å². The number of rotatable bonds is 5. The Hall–Kier alpha value is -3.96. The molecule has 5 rings (SSSR count). The number of halogens is 2. The van der Waals surface area contributed by atoms with Crippen LogP contribution in [0.15, 0.2) is 54.7 Å². The molecule has 3 aromatic rings. The van der Waals surface area contributed by atoms with Crippen LogP contribution in [0.5, 0.6) is 0 Å². The summed E-state index contributed by atoms with van der Waals surface area (Å²) in [6, 6.07) is 11.3. The fourth-order valence-corrected chi connectivity index (χ4v) is 5.75. The molecular weight excluding hydrogens is 593 g/mol. The van der Waals surface area contributed by atoms with Crippen LogP contribution in [0.25, 0.3) is 0 Å². The van der Waals surface area contributed by atoms with E-state index in [4.69, 9.17) is 23.2 Å². The predicted molar refractivity (Wildman–Crippen MR) is 160 cm³/mol. The van der Waals surface area contributed by atoms with Crippen LogP contribution >= 0.6 is 23.2 Å². The van der Waals surface area contributed by atoms with Crippen molar-refractivity contribution in [2.75, 3.05) is 6.54 Å². The summed E-state index contributed by atoms with van der Waals surface area (Å²) >= 11 is 12.2. The lowest BCUT2D eigenvalue weighted by Gasteiger charge is -2.29. The summed E-state index contributed by atoms with van der Waals surface area (Å²) in [5, 5.41) is 17.7. The first-order chi connectivity index (χ1) is 20.6. The summed E-state index contributed by atoms with van der Waals surface area (Å²) in [5.41, 5.74) is 2.03. The molecule has 3 heterocycles. The van der Waals surface area contributed by atoms with Gasteiger partial charge in [0.05, 0.1) is 35.2 Å². The first kappa shape index (κ1) is 30.5. The van der Waals surface area contributed by atoms with Gasteiger partial charge in [-0.1, -0.05) is 78.7 Å². The van der Waals surface area contributed by atoms with Gasteiger partial charge in [-0.2, -0.15) is 0 Å². The number of benzene rings is 2. The van der Waals surface area contributed by atoms with Gasteiger partial charge in [-0.25, -0.2) is 4.68 Å². The third-order valence-electron chi connectivity index (χ3n) is 7.78. The minimum absolute atomic E-state index is 0.0112. The van der Waals surface area contributed by atoms with Crippen molar-refractivity contribution in [2.45, 2.75) is 63.8 Å². The van der Waals surface area contributed by atoms with E-state index in [2.05, 4.69) is 26.3 Å². The van der Waals surface area contributed by atoms with Crippen molar-refractivity contribution < 1.29 is 19.2 Å². The van der Waals surface area contributed by atoms with E-state index < -0.39 is 29.9 Å². The SMILES string of the molecule is CC(C)[C@@H]1NC(=O)[C@@H]2C[C@@H](CN2C(=O)Cc2ccc(Cl)c(Cl)c2)n2cc(nn2)CNC(=O)[C@@H](Cc2ccccc2)NC1=O. The highest BCUT2D eigenvalue weighted by molar-refractivity contribution is 6.42. The Bertz CT molecular complexity index is 1510. The van der Waals surface area contributed by atoms with E-state index in [9.17, 15) is 19.2 Å². The van der Waals surface area contributed by atoms with Crippen LogP contribution in [0.3, 0.4) is 0 Å². The van der Waals surface area contributed by atoms with Gasteiger partial charge in [-0.05, 0) is 29.2 Å². The molecule has 4 bridgehead atoms. The smallest absolute Gasteiger partial charge is 0.243 e. The highest BCUT2D eigenvalue weighted by atomic mass is 35.5. The molecule has 0 saturated carbocycles. The van der Waals surface area contributed by atoms with E-state index in [1.807, 2.05) is 44.2 Å². The molecule has 2 aliphatic heterocycles. The summed E-state index contributed by atoms with van der Waals surface area (Å²) < 4.78 is 1.62. The summed E-state index contributed by atoms with van der Waals surface area (Å²) in [6.07, 6.45) is 2.24. The molecule has 43 heavy (non-hydrogen) atoms. The number of carbonyl (C=O) groups excluding carboxylic acids is 4. The Morgan fingerprint density at radius 3 is 2.47 bits per heavy atom. The van der Waals surface area contributed by atoms with Gasteiger partial charge in [-0.15, -0.1) is 5.10 Å². The van der Waals surface area contributed by atoms with Gasteiger partial charge < -0.3 is 20.9 Å². The number of amides is 4. The van der Waals surface area contributed by atoms with Gasteiger partial charge in [0.1, 0.15) is 23.8 Å². The summed E-state index contributed by atoms with van der Waals surface area (Å²) in [6.45, 7) is 3.94. The zero-order chi connectivity index (χ0) is 30.7. The predicted octanol–water partition coefficient (Wildman–Crippen LogP) is 2.47. The molecule has 0 spiro atoms. The summed E-state index contributed by atoms with van der Waals surface area (Å²) in [4.78, 5) is 55.7. The standard InChI is InChI=1S/C30H33Cl2N7O4/c1-17(2)27-30(43)34-24(11-18-6-4-3-5-7-18)28(41)33-14-20-15-39(37-36-20)21-13-25(29(42)35-27)38(16-21)26(40)12-19-8-9-22(31)23(32)10-19/h3-10,15,17,21,24-25,27H,11-14,16H2,1-2H3,(H,33,41)(H,34,43)(H,35,42)/t21-,24+,25-,27-/m0/s1. The normalized spacial score (nSPS) is 22.8. The highest BCUT2D eigenvalue weighted by Crippen LogP contribution is 2.29. The molecule has 1 fully saturated rings. The maximum Gasteiger partial charge on any atom is 0.243 e. The molecule has 2 aromatic carbocycles. The van der Waals surface area contributed by atoms with Crippen molar-refractivity contribution in [3.05, 3.63) is 81.6 Å². The van der Waals surface area contributed by atoms with Gasteiger partial charge >= 0.3 is 0 Å². The zero-order valence-electron chi connectivity index (χ0n) is 23.8. The maximum atomic E-state index is 13.8. The molecule has 11 nitrogen and oxygen atoms in total. The van der Waals surface area contributed by atoms with E-state index >= 15 is 0 Å². The number of hydrogen-bond donors (Lipinski definition) is 3. The number of likely N-dealkylation sites (tertiary alicyclic amines) is 1. The van der Waals surface area contributed by atoms with Crippen molar-refractivity contribution in [2.24, 2.45) is 5.92 Å². The lowest BCUT2D eigenvalue weighted by atomic mass is 10.00. The van der Waals surface area contributed by atoms with Crippen molar-refractivity contribution in [1.82, 2.24) is 35.8 Å². The molecule has 1 saturated heterocycles. The second kappa shape index (κ2) is 13.1. The molecule has 3 N–H and O–H groups in total. The molecule has 0 radical (unpaired) electrons. The van der Waals surface area contributed by atoms with Crippen molar-refractivity contribution in [3.63, 3.8) is 0 Å². The molecule has 1 aromatic heterocycles. The van der Waals surface area contributed by atoms with E-state index in [-0.39, 0.29) is 56.1 Å². The minimum Gasteiger partial charge on any atom is -0.349 e. The Balaban J connectivity index is 1.43. The van der Waals surface area contributed by atoms with Gasteiger partial charge in [-0.3, -0.25) is 19.2 Å². The first-order valence-electron chi connectivity index (χ1n) is 14.2. The quantitative estimate of drug-likeness (QED) is 0.398. The summed E-state index contributed by atoms with van der Waals surface area (Å²) in [7, 11) is 0. The van der Waals surface area contributed by atoms with E-state index in [1.165, 1.54) is 4.90 Å². The van der Waals surface area contributed by atoms with Crippen LogP contribution in [-0.2, 0) is 38.6 Å². The second-order valence-corrected chi connectivity index (χ2v) is 12.1. The van der Waals surface area contributed by atoms with E-state index in [0.717, 1.165) is 5.56 Å². The Labute approximate surface area is 259 Å². The lowest BCUT2D eigenvalue weighted by Crippen LogP contribution is -2.58. The molecule has 13 heteroatoms. The average molecular weight is 627 g/mol. The minimum atomic E-state index is -0.938. The number of fused-ring (bicyclic) bond motifs is 5. The molecule has 0 unspecified atom stereocenters. The largest absolute Gasteiger partial charge is 0.349 e. The average Bonchev–Trinajstić information content (AvgIpc) is 3.64. The van der Waals surface area contributed by atoms with Gasteiger partial charge in [0.2, 0.25) is 23.6 Å². The van der Waals surface area contributed by atoms with Crippen LogP contribution in [0.2, 0.25) is 10.0 Å². The number of carbonyl (C=O) groups is 4. The molecule has 4 atom stereocenters. The molecular formula is C30H33Cl2N7O4. The zero-order valence-corrected chi connectivity index (χ0v) is 25.3. The second-order valence-electron chi connectivity index (χ2n) is 11.3. The van der Waals surface area contributed by atoms with Gasteiger partial charge in [0.25, 0.3) is 0 Å². The third kappa shape index (κ3) is 7.17. The third-order valence-corrected chi connectivity index (χ3v) is 8.52. The first-order valence-corrected chi connectivity index (χ1v) is 14.9. The number of nitrogens with zero attached hydrogens (tertiary/aromatic N) is 4. The number of aromatic nitrogens is 3. The van der Waals surface area contributed by atoms with Crippen LogP contribution in [-0.4, -0.2) is 68.2 Å².